The lowest BCUT2D eigenvalue weighted by Crippen LogP contribution is -2.11. The van der Waals surface area contributed by atoms with E-state index in [-0.39, 0.29) is 5.91 Å². The van der Waals surface area contributed by atoms with Crippen LogP contribution >= 0.6 is 22.9 Å². The summed E-state index contributed by atoms with van der Waals surface area (Å²) in [5, 5.41) is 13.1. The molecule has 1 aromatic carbocycles. The maximum Gasteiger partial charge on any atom is 0.256 e. The summed E-state index contributed by atoms with van der Waals surface area (Å²) in [6.45, 7) is 3.81. The molecule has 0 saturated carbocycles. The number of anilines is 1. The zero-order valence-corrected chi connectivity index (χ0v) is 12.0. The topological polar surface area (TPSA) is 52.9 Å². The largest absolute Gasteiger partial charge is 0.312 e. The van der Waals surface area contributed by atoms with E-state index in [0.717, 1.165) is 10.4 Å². The quantitative estimate of drug-likeness (QED) is 0.903. The third-order valence-corrected chi connectivity index (χ3v) is 4.21. The Kier molecular flexibility index (Phi) is 3.89. The number of carbonyl (C=O) groups excluding carboxylic acids is 1. The molecule has 2 rings (SSSR count). The number of aryl methyl sites for hydroxylation is 1. The fourth-order valence-electron chi connectivity index (χ4n) is 1.63. The van der Waals surface area contributed by atoms with Crippen LogP contribution in [0, 0.1) is 25.2 Å². The van der Waals surface area contributed by atoms with Crippen LogP contribution in [0.25, 0.3) is 0 Å². The normalized spacial score (nSPS) is 10.0. The number of benzene rings is 1. The molecular weight excluding hydrogens is 280 g/mol. The Morgan fingerprint density at radius 3 is 2.53 bits per heavy atom. The first kappa shape index (κ1) is 13.6. The van der Waals surface area contributed by atoms with Crippen molar-refractivity contribution in [2.75, 3.05) is 5.32 Å². The number of carbonyl (C=O) groups is 1. The van der Waals surface area contributed by atoms with Gasteiger partial charge in [-0.05, 0) is 43.7 Å². The number of hydrogen-bond donors (Lipinski definition) is 1. The smallest absolute Gasteiger partial charge is 0.256 e. The Labute approximate surface area is 120 Å². The summed E-state index contributed by atoms with van der Waals surface area (Å²) in [6, 6.07) is 8.74. The molecule has 0 bridgehead atoms. The van der Waals surface area contributed by atoms with Crippen molar-refractivity contribution in [3.8, 4) is 6.07 Å². The first-order chi connectivity index (χ1) is 9.02. The van der Waals surface area contributed by atoms with Gasteiger partial charge < -0.3 is 5.32 Å². The minimum Gasteiger partial charge on any atom is -0.312 e. The van der Waals surface area contributed by atoms with Gasteiger partial charge in [0.25, 0.3) is 5.91 Å². The minimum atomic E-state index is -0.241. The van der Waals surface area contributed by atoms with Crippen molar-refractivity contribution >= 4 is 33.8 Å². The number of amides is 1. The van der Waals surface area contributed by atoms with Gasteiger partial charge in [0.1, 0.15) is 11.1 Å². The maximum absolute atomic E-state index is 12.1. The molecule has 0 saturated heterocycles. The first-order valence-corrected chi connectivity index (χ1v) is 6.79. The van der Waals surface area contributed by atoms with Gasteiger partial charge in [0.2, 0.25) is 0 Å². The number of halogens is 1. The van der Waals surface area contributed by atoms with Crippen LogP contribution in [-0.4, -0.2) is 5.91 Å². The van der Waals surface area contributed by atoms with E-state index in [1.54, 1.807) is 24.3 Å². The first-order valence-electron chi connectivity index (χ1n) is 5.60. The Bertz CT molecular complexity index is 668. The van der Waals surface area contributed by atoms with Crippen molar-refractivity contribution in [3.63, 3.8) is 0 Å². The van der Waals surface area contributed by atoms with Gasteiger partial charge >= 0.3 is 0 Å². The Morgan fingerprint density at radius 1 is 1.32 bits per heavy atom. The molecule has 5 heteroatoms. The van der Waals surface area contributed by atoms with Crippen LogP contribution in [0.2, 0.25) is 5.02 Å². The van der Waals surface area contributed by atoms with Gasteiger partial charge in [-0.2, -0.15) is 5.26 Å². The van der Waals surface area contributed by atoms with Crippen LogP contribution in [0.3, 0.4) is 0 Å². The Balaban J connectivity index is 2.27. The van der Waals surface area contributed by atoms with Gasteiger partial charge in [-0.25, -0.2) is 0 Å². The van der Waals surface area contributed by atoms with E-state index in [2.05, 4.69) is 11.4 Å². The molecule has 0 aliphatic heterocycles. The zero-order valence-electron chi connectivity index (χ0n) is 10.5. The van der Waals surface area contributed by atoms with Crippen molar-refractivity contribution in [1.82, 2.24) is 0 Å². The molecule has 0 unspecified atom stereocenters. The second-order valence-corrected chi connectivity index (χ2v) is 5.72. The highest BCUT2D eigenvalue weighted by Crippen LogP contribution is 2.31. The highest BCUT2D eigenvalue weighted by Gasteiger charge is 2.15. The summed E-state index contributed by atoms with van der Waals surface area (Å²) >= 11 is 7.19. The molecule has 0 radical (unpaired) electrons. The SMILES string of the molecule is Cc1sc(NC(=O)c2ccc(Cl)cc2)c(C#N)c1C. The molecule has 0 atom stereocenters. The predicted octanol–water partition coefficient (Wildman–Crippen LogP) is 4.14. The van der Waals surface area contributed by atoms with E-state index in [0.29, 0.717) is 21.2 Å². The summed E-state index contributed by atoms with van der Waals surface area (Å²) in [4.78, 5) is 13.1. The zero-order chi connectivity index (χ0) is 14.0. The van der Waals surface area contributed by atoms with Crippen molar-refractivity contribution in [2.45, 2.75) is 13.8 Å². The van der Waals surface area contributed by atoms with E-state index < -0.39 is 0 Å². The molecule has 0 spiro atoms. The van der Waals surface area contributed by atoms with Crippen LogP contribution in [-0.2, 0) is 0 Å². The minimum absolute atomic E-state index is 0.241. The monoisotopic (exact) mass is 290 g/mol. The lowest BCUT2D eigenvalue weighted by atomic mass is 10.2. The molecule has 2 aromatic rings. The standard InChI is InChI=1S/C14H11ClN2OS/c1-8-9(2)19-14(12(8)7-16)17-13(18)10-3-5-11(15)6-4-10/h3-6H,1-2H3,(H,17,18). The van der Waals surface area contributed by atoms with Gasteiger partial charge in [0.05, 0.1) is 5.56 Å². The Hall–Kier alpha value is -1.83. The molecule has 1 N–H and O–H groups in total. The van der Waals surface area contributed by atoms with Gasteiger partial charge in [0, 0.05) is 15.5 Å². The van der Waals surface area contributed by atoms with Crippen LogP contribution in [0.5, 0.6) is 0 Å². The molecule has 96 valence electrons. The predicted molar refractivity (Wildman–Crippen MR) is 77.9 cm³/mol. The fourth-order valence-corrected chi connectivity index (χ4v) is 2.76. The number of thiophene rings is 1. The van der Waals surface area contributed by atoms with Crippen molar-refractivity contribution in [2.24, 2.45) is 0 Å². The molecule has 19 heavy (non-hydrogen) atoms. The number of nitrogens with zero attached hydrogens (tertiary/aromatic N) is 1. The van der Waals surface area contributed by atoms with E-state index in [9.17, 15) is 4.79 Å². The average Bonchev–Trinajstić information content (AvgIpc) is 2.65. The highest BCUT2D eigenvalue weighted by atomic mass is 35.5. The van der Waals surface area contributed by atoms with E-state index in [1.807, 2.05) is 13.8 Å². The lowest BCUT2D eigenvalue weighted by Gasteiger charge is -2.03. The molecular formula is C14H11ClN2OS. The van der Waals surface area contributed by atoms with Crippen LogP contribution in [0.1, 0.15) is 26.4 Å². The summed E-state index contributed by atoms with van der Waals surface area (Å²) in [5.74, 6) is -0.241. The van der Waals surface area contributed by atoms with Gasteiger partial charge in [0.15, 0.2) is 0 Å². The fraction of sp³-hybridized carbons (Fsp3) is 0.143. The molecule has 1 amide bonds. The molecule has 3 nitrogen and oxygen atoms in total. The highest BCUT2D eigenvalue weighted by molar-refractivity contribution is 7.16. The Morgan fingerprint density at radius 2 is 1.95 bits per heavy atom. The molecule has 0 aliphatic carbocycles. The van der Waals surface area contributed by atoms with Crippen molar-refractivity contribution in [1.29, 1.82) is 5.26 Å². The van der Waals surface area contributed by atoms with Crippen LogP contribution in [0.15, 0.2) is 24.3 Å². The van der Waals surface area contributed by atoms with Gasteiger partial charge in [-0.3, -0.25) is 4.79 Å². The number of hydrogen-bond acceptors (Lipinski definition) is 3. The summed E-state index contributed by atoms with van der Waals surface area (Å²) in [7, 11) is 0. The molecule has 0 aliphatic rings. The molecule has 0 fully saturated rings. The van der Waals surface area contributed by atoms with Gasteiger partial charge in [-0.1, -0.05) is 11.6 Å². The second kappa shape index (κ2) is 5.43. The maximum atomic E-state index is 12.1. The molecule has 1 aromatic heterocycles. The van der Waals surface area contributed by atoms with Crippen molar-refractivity contribution in [3.05, 3.63) is 50.9 Å². The number of nitrogens with one attached hydrogen (secondary N) is 1. The summed E-state index contributed by atoms with van der Waals surface area (Å²) in [5.41, 5.74) is 1.96. The van der Waals surface area contributed by atoms with E-state index in [4.69, 9.17) is 16.9 Å². The lowest BCUT2D eigenvalue weighted by molar-refractivity contribution is 0.102. The average molecular weight is 291 g/mol. The van der Waals surface area contributed by atoms with Crippen LogP contribution in [0.4, 0.5) is 5.00 Å². The van der Waals surface area contributed by atoms with Crippen molar-refractivity contribution < 1.29 is 4.79 Å². The number of rotatable bonds is 2. The summed E-state index contributed by atoms with van der Waals surface area (Å²) in [6.07, 6.45) is 0. The number of nitriles is 1. The van der Waals surface area contributed by atoms with E-state index in [1.165, 1.54) is 11.3 Å². The van der Waals surface area contributed by atoms with E-state index >= 15 is 0 Å². The van der Waals surface area contributed by atoms with Gasteiger partial charge in [-0.15, -0.1) is 11.3 Å². The second-order valence-electron chi connectivity index (χ2n) is 4.06. The molecule has 1 heterocycles. The third-order valence-electron chi connectivity index (χ3n) is 2.83. The van der Waals surface area contributed by atoms with Crippen LogP contribution < -0.4 is 5.32 Å². The third kappa shape index (κ3) is 2.78. The summed E-state index contributed by atoms with van der Waals surface area (Å²) < 4.78 is 0.